The molecule has 6 heteroatoms. The predicted octanol–water partition coefficient (Wildman–Crippen LogP) is 3.03. The van der Waals surface area contributed by atoms with Crippen LogP contribution >= 0.6 is 15.9 Å². The summed E-state index contributed by atoms with van der Waals surface area (Å²) >= 11 is 3.06. The van der Waals surface area contributed by atoms with Gasteiger partial charge >= 0.3 is 0 Å². The highest BCUT2D eigenvalue weighted by Crippen LogP contribution is 2.27. The quantitative estimate of drug-likeness (QED) is 0.901. The Hall–Kier alpha value is -0.930. The average molecular weight is 333 g/mol. The van der Waals surface area contributed by atoms with E-state index in [-0.39, 0.29) is 16.1 Å². The second-order valence-electron chi connectivity index (χ2n) is 4.01. The van der Waals surface area contributed by atoms with Crippen molar-refractivity contribution in [3.63, 3.8) is 0 Å². The van der Waals surface area contributed by atoms with Crippen LogP contribution in [0.5, 0.6) is 0 Å². The molecular weight excluding hydrogens is 319 g/mol. The molecule has 18 heavy (non-hydrogen) atoms. The highest BCUT2D eigenvalue weighted by molar-refractivity contribution is 9.10. The van der Waals surface area contributed by atoms with Crippen LogP contribution < -0.4 is 5.32 Å². The van der Waals surface area contributed by atoms with Gasteiger partial charge in [0.1, 0.15) is 6.07 Å². The van der Waals surface area contributed by atoms with Crippen LogP contribution in [0.25, 0.3) is 0 Å². The summed E-state index contributed by atoms with van der Waals surface area (Å²) in [6.45, 7) is 1.90. The summed E-state index contributed by atoms with van der Waals surface area (Å²) < 4.78 is 25.0. The molecule has 0 spiro atoms. The number of hydrogen-bond acceptors (Lipinski definition) is 3. The third-order valence-electron chi connectivity index (χ3n) is 2.44. The minimum Gasteiger partial charge on any atom is -0.380 e. The number of nitrogens with zero attached hydrogens (tertiary/aromatic N) is 1. The van der Waals surface area contributed by atoms with Crippen LogP contribution in [0.3, 0.4) is 0 Å². The van der Waals surface area contributed by atoms with Crippen molar-refractivity contribution in [3.05, 3.63) is 28.0 Å². The zero-order valence-electron chi connectivity index (χ0n) is 10.2. The minimum absolute atomic E-state index is 0.0169. The Morgan fingerprint density at radius 3 is 2.83 bits per heavy atom. The largest absolute Gasteiger partial charge is 0.380 e. The molecule has 3 nitrogen and oxygen atoms in total. The Morgan fingerprint density at radius 1 is 1.61 bits per heavy atom. The van der Waals surface area contributed by atoms with E-state index in [1.165, 1.54) is 6.07 Å². The average Bonchev–Trinajstić information content (AvgIpc) is 2.33. The zero-order valence-corrected chi connectivity index (χ0v) is 12.6. The van der Waals surface area contributed by atoms with Crippen LogP contribution in [0.1, 0.15) is 18.9 Å². The van der Waals surface area contributed by atoms with Gasteiger partial charge in [-0.05, 0) is 41.4 Å². The van der Waals surface area contributed by atoms with E-state index in [1.807, 2.05) is 13.0 Å². The first-order chi connectivity index (χ1) is 8.45. The Bertz CT molecular complexity index is 502. The van der Waals surface area contributed by atoms with Crippen molar-refractivity contribution in [2.45, 2.75) is 19.4 Å². The molecule has 1 N–H and O–H groups in total. The van der Waals surface area contributed by atoms with Crippen LogP contribution in [-0.2, 0) is 10.8 Å². The maximum atomic E-state index is 13.9. The minimum atomic E-state index is -0.845. The van der Waals surface area contributed by atoms with E-state index in [2.05, 4.69) is 21.2 Å². The molecule has 1 rings (SSSR count). The normalized spacial score (nSPS) is 13.7. The van der Waals surface area contributed by atoms with Gasteiger partial charge in [0.25, 0.3) is 0 Å². The molecule has 0 aliphatic rings. The molecule has 1 aromatic rings. The van der Waals surface area contributed by atoms with Crippen molar-refractivity contribution < 1.29 is 8.60 Å². The maximum absolute atomic E-state index is 13.9. The number of hydrogen-bond donors (Lipinski definition) is 1. The molecule has 1 aromatic carbocycles. The lowest BCUT2D eigenvalue weighted by Crippen LogP contribution is -2.18. The fourth-order valence-electron chi connectivity index (χ4n) is 1.43. The lowest BCUT2D eigenvalue weighted by molar-refractivity contribution is 0.618. The third-order valence-corrected chi connectivity index (χ3v) is 4.03. The van der Waals surface area contributed by atoms with E-state index in [9.17, 15) is 8.60 Å². The maximum Gasteiger partial charge on any atom is 0.161 e. The van der Waals surface area contributed by atoms with Gasteiger partial charge in [0.05, 0.1) is 15.7 Å². The van der Waals surface area contributed by atoms with E-state index in [0.717, 1.165) is 0 Å². The standard InChI is InChI=1S/C12H14BrFN2OS/c1-8(5-6-18(2)17)16-10-4-3-9(7-15)11(13)12(10)14/h3-4,8,16H,5-6H2,1-2H3. The van der Waals surface area contributed by atoms with E-state index >= 15 is 0 Å². The van der Waals surface area contributed by atoms with Gasteiger partial charge in [0.2, 0.25) is 0 Å². The molecule has 0 saturated carbocycles. The fraction of sp³-hybridized carbons (Fsp3) is 0.417. The van der Waals surface area contributed by atoms with Gasteiger partial charge in [-0.3, -0.25) is 4.21 Å². The first-order valence-electron chi connectivity index (χ1n) is 5.40. The van der Waals surface area contributed by atoms with Gasteiger partial charge in [-0.1, -0.05) is 0 Å². The van der Waals surface area contributed by atoms with E-state index in [1.54, 1.807) is 12.3 Å². The van der Waals surface area contributed by atoms with E-state index in [4.69, 9.17) is 5.26 Å². The zero-order chi connectivity index (χ0) is 13.7. The van der Waals surface area contributed by atoms with Crippen LogP contribution in [0, 0.1) is 17.1 Å². The van der Waals surface area contributed by atoms with Gasteiger partial charge in [-0.25, -0.2) is 4.39 Å². The number of anilines is 1. The predicted molar refractivity (Wildman–Crippen MR) is 75.5 cm³/mol. The number of nitrogens with one attached hydrogen (secondary N) is 1. The summed E-state index contributed by atoms with van der Waals surface area (Å²) in [7, 11) is -0.845. The third kappa shape index (κ3) is 4.07. The van der Waals surface area contributed by atoms with E-state index < -0.39 is 16.6 Å². The van der Waals surface area contributed by atoms with Crippen molar-refractivity contribution in [2.75, 3.05) is 17.3 Å². The molecule has 0 heterocycles. The molecule has 0 fully saturated rings. The van der Waals surface area contributed by atoms with Gasteiger partial charge in [0.15, 0.2) is 5.82 Å². The lowest BCUT2D eigenvalue weighted by Gasteiger charge is -2.16. The number of halogens is 2. The van der Waals surface area contributed by atoms with E-state index in [0.29, 0.717) is 17.9 Å². The molecule has 2 atom stereocenters. The van der Waals surface area contributed by atoms with Crippen molar-refractivity contribution >= 4 is 32.4 Å². The Labute approximate surface area is 117 Å². The van der Waals surface area contributed by atoms with Gasteiger partial charge in [-0.15, -0.1) is 0 Å². The van der Waals surface area contributed by atoms with Crippen LogP contribution in [0.15, 0.2) is 16.6 Å². The Balaban J connectivity index is 2.77. The molecule has 0 radical (unpaired) electrons. The lowest BCUT2D eigenvalue weighted by atomic mass is 10.2. The molecule has 98 valence electrons. The monoisotopic (exact) mass is 332 g/mol. The number of nitriles is 1. The van der Waals surface area contributed by atoms with Gasteiger partial charge in [-0.2, -0.15) is 5.26 Å². The Morgan fingerprint density at radius 2 is 2.28 bits per heavy atom. The summed E-state index contributed by atoms with van der Waals surface area (Å²) in [6.07, 6.45) is 2.34. The smallest absolute Gasteiger partial charge is 0.161 e. The van der Waals surface area contributed by atoms with Crippen LogP contribution in [0.2, 0.25) is 0 Å². The van der Waals surface area contributed by atoms with Gasteiger partial charge in [0, 0.05) is 28.9 Å². The number of benzene rings is 1. The topological polar surface area (TPSA) is 52.9 Å². The summed E-state index contributed by atoms with van der Waals surface area (Å²) in [4.78, 5) is 0. The molecule has 0 aliphatic carbocycles. The SMILES string of the molecule is CC(CCS(C)=O)Nc1ccc(C#N)c(Br)c1F. The molecule has 2 unspecified atom stereocenters. The van der Waals surface area contributed by atoms with Crippen LogP contribution in [0.4, 0.5) is 10.1 Å². The van der Waals surface area contributed by atoms with Crippen molar-refractivity contribution in [1.82, 2.24) is 0 Å². The van der Waals surface area contributed by atoms with Gasteiger partial charge < -0.3 is 5.32 Å². The summed E-state index contributed by atoms with van der Waals surface area (Å²) in [6, 6.07) is 5.01. The summed E-state index contributed by atoms with van der Waals surface area (Å²) in [5, 5.41) is 11.8. The highest BCUT2D eigenvalue weighted by Gasteiger charge is 2.12. The molecule has 0 aromatic heterocycles. The fourth-order valence-corrected chi connectivity index (χ4v) is 2.55. The molecule has 0 bridgehead atoms. The summed E-state index contributed by atoms with van der Waals surface area (Å²) in [5.74, 6) is 0.103. The van der Waals surface area contributed by atoms with Crippen molar-refractivity contribution in [2.24, 2.45) is 0 Å². The molecule has 0 aliphatic heterocycles. The highest BCUT2D eigenvalue weighted by atomic mass is 79.9. The Kier molecular flexibility index (Phi) is 5.76. The molecule has 0 amide bonds. The van der Waals surface area contributed by atoms with Crippen LogP contribution in [-0.4, -0.2) is 22.3 Å². The first kappa shape index (κ1) is 15.1. The molecule has 0 saturated heterocycles. The van der Waals surface area contributed by atoms with Crippen molar-refractivity contribution in [1.29, 1.82) is 5.26 Å². The summed E-state index contributed by atoms with van der Waals surface area (Å²) in [5.41, 5.74) is 0.607. The molecular formula is C12H14BrFN2OS. The number of rotatable bonds is 5. The first-order valence-corrected chi connectivity index (χ1v) is 7.92. The second-order valence-corrected chi connectivity index (χ2v) is 6.36. The van der Waals surface area contributed by atoms with Crippen molar-refractivity contribution in [3.8, 4) is 6.07 Å². The second kappa shape index (κ2) is 6.86.